The maximum absolute atomic E-state index is 12.6. The monoisotopic (exact) mass is 297 g/mol. The molecule has 21 heavy (non-hydrogen) atoms. The highest BCUT2D eigenvalue weighted by atomic mass is 19.4. The molecule has 1 aromatic carbocycles. The second-order valence-electron chi connectivity index (χ2n) is 5.13. The number of rotatable bonds is 5. The van der Waals surface area contributed by atoms with Crippen molar-refractivity contribution in [3.05, 3.63) is 47.1 Å². The number of nitrogens with one attached hydrogen (secondary N) is 1. The molecule has 0 aliphatic heterocycles. The van der Waals surface area contributed by atoms with E-state index in [0.717, 1.165) is 25.0 Å². The van der Waals surface area contributed by atoms with Crippen molar-refractivity contribution in [2.45, 2.75) is 38.0 Å². The summed E-state index contributed by atoms with van der Waals surface area (Å²) in [6.07, 6.45) is -1.81. The van der Waals surface area contributed by atoms with Crippen LogP contribution in [-0.4, -0.2) is 16.2 Å². The van der Waals surface area contributed by atoms with Crippen molar-refractivity contribution >= 4 is 0 Å². The van der Waals surface area contributed by atoms with Crippen LogP contribution in [0.4, 0.5) is 13.2 Å². The molecule has 1 aromatic heterocycles. The fourth-order valence-corrected chi connectivity index (χ4v) is 1.99. The van der Waals surface area contributed by atoms with E-state index in [-0.39, 0.29) is 6.42 Å². The first-order chi connectivity index (χ1) is 10.0. The second kappa shape index (κ2) is 5.48. The molecule has 1 saturated carbocycles. The molecule has 0 spiro atoms. The van der Waals surface area contributed by atoms with Gasteiger partial charge in [0.2, 0.25) is 5.89 Å². The molecular formula is C14H14F3N3O. The molecule has 1 heterocycles. The van der Waals surface area contributed by atoms with Crippen molar-refractivity contribution < 1.29 is 17.7 Å². The van der Waals surface area contributed by atoms with E-state index in [4.69, 9.17) is 4.52 Å². The molecule has 0 bridgehead atoms. The van der Waals surface area contributed by atoms with Gasteiger partial charge in [-0.1, -0.05) is 23.4 Å². The van der Waals surface area contributed by atoms with Crippen LogP contribution in [-0.2, 0) is 19.1 Å². The molecule has 1 fully saturated rings. The fourth-order valence-electron chi connectivity index (χ4n) is 1.99. The molecule has 0 amide bonds. The number of alkyl halides is 3. The van der Waals surface area contributed by atoms with Gasteiger partial charge in [-0.3, -0.25) is 0 Å². The van der Waals surface area contributed by atoms with Crippen molar-refractivity contribution in [2.75, 3.05) is 0 Å². The number of halogens is 3. The zero-order valence-electron chi connectivity index (χ0n) is 11.2. The Morgan fingerprint density at radius 1 is 1.29 bits per heavy atom. The van der Waals surface area contributed by atoms with E-state index < -0.39 is 11.7 Å². The molecule has 2 aromatic rings. The van der Waals surface area contributed by atoms with Crippen LogP contribution in [0.25, 0.3) is 0 Å². The van der Waals surface area contributed by atoms with E-state index in [1.807, 2.05) is 0 Å². The van der Waals surface area contributed by atoms with Gasteiger partial charge in [-0.25, -0.2) is 0 Å². The van der Waals surface area contributed by atoms with Gasteiger partial charge in [-0.05, 0) is 24.5 Å². The van der Waals surface area contributed by atoms with E-state index in [2.05, 4.69) is 15.5 Å². The van der Waals surface area contributed by atoms with Crippen LogP contribution in [0.2, 0.25) is 0 Å². The average molecular weight is 297 g/mol. The van der Waals surface area contributed by atoms with Crippen LogP contribution in [0.3, 0.4) is 0 Å². The quantitative estimate of drug-likeness (QED) is 0.922. The Kier molecular flexibility index (Phi) is 3.67. The van der Waals surface area contributed by atoms with Gasteiger partial charge in [0, 0.05) is 12.5 Å². The molecule has 0 saturated heterocycles. The molecular weight excluding hydrogens is 283 g/mol. The van der Waals surface area contributed by atoms with Gasteiger partial charge in [-0.2, -0.15) is 18.2 Å². The summed E-state index contributed by atoms with van der Waals surface area (Å²) in [6, 6.07) is 5.69. The van der Waals surface area contributed by atoms with E-state index in [0.29, 0.717) is 29.9 Å². The molecule has 112 valence electrons. The van der Waals surface area contributed by atoms with Gasteiger partial charge >= 0.3 is 6.18 Å². The Bertz CT molecular complexity index is 620. The van der Waals surface area contributed by atoms with E-state index >= 15 is 0 Å². The summed E-state index contributed by atoms with van der Waals surface area (Å²) >= 11 is 0. The van der Waals surface area contributed by atoms with Gasteiger partial charge in [-0.15, -0.1) is 0 Å². The fraction of sp³-hybridized carbons (Fsp3) is 0.429. The highest BCUT2D eigenvalue weighted by Gasteiger charge is 2.30. The summed E-state index contributed by atoms with van der Waals surface area (Å²) in [7, 11) is 0. The molecule has 4 nitrogen and oxygen atoms in total. The first kappa shape index (κ1) is 14.1. The van der Waals surface area contributed by atoms with Crippen molar-refractivity contribution in [3.63, 3.8) is 0 Å². The summed E-state index contributed by atoms with van der Waals surface area (Å²) in [6.45, 7) is 0.500. The normalized spacial score (nSPS) is 15.4. The van der Waals surface area contributed by atoms with Crippen LogP contribution in [0.1, 0.15) is 35.7 Å². The number of aromatic nitrogens is 2. The number of nitrogens with zero attached hydrogens (tertiary/aromatic N) is 2. The lowest BCUT2D eigenvalue weighted by Gasteiger charge is -2.07. The number of hydrogen-bond donors (Lipinski definition) is 1. The molecule has 0 unspecified atom stereocenters. The molecule has 7 heteroatoms. The predicted molar refractivity (Wildman–Crippen MR) is 68.4 cm³/mol. The molecule has 3 rings (SSSR count). The Morgan fingerprint density at radius 3 is 2.81 bits per heavy atom. The van der Waals surface area contributed by atoms with Crippen molar-refractivity contribution in [1.29, 1.82) is 0 Å². The van der Waals surface area contributed by atoms with Crippen LogP contribution >= 0.6 is 0 Å². The molecule has 0 radical (unpaired) electrons. The summed E-state index contributed by atoms with van der Waals surface area (Å²) in [5.74, 6) is 0.853. The SMILES string of the molecule is FC(F)(F)c1cccc(Cc2noc(CNC3CC3)n2)c1. The van der Waals surface area contributed by atoms with Crippen molar-refractivity contribution in [1.82, 2.24) is 15.5 Å². The maximum atomic E-state index is 12.6. The minimum atomic E-state index is -4.34. The van der Waals surface area contributed by atoms with Crippen LogP contribution < -0.4 is 5.32 Å². The standard InChI is InChI=1S/C14H14F3N3O/c15-14(16,17)10-3-1-2-9(6-10)7-12-19-13(21-20-12)8-18-11-4-5-11/h1-3,6,11,18H,4-5,7-8H2. The minimum absolute atomic E-state index is 0.219. The zero-order valence-corrected chi connectivity index (χ0v) is 11.2. The molecule has 1 aliphatic rings. The predicted octanol–water partition coefficient (Wildman–Crippen LogP) is 2.93. The molecule has 1 N–H and O–H groups in total. The Morgan fingerprint density at radius 2 is 2.10 bits per heavy atom. The number of benzene rings is 1. The number of hydrogen-bond acceptors (Lipinski definition) is 4. The third-order valence-corrected chi connectivity index (χ3v) is 3.25. The van der Waals surface area contributed by atoms with Crippen LogP contribution in [0.5, 0.6) is 0 Å². The lowest BCUT2D eigenvalue weighted by Crippen LogP contribution is -2.15. The Balaban J connectivity index is 1.65. The first-order valence-electron chi connectivity index (χ1n) is 6.72. The summed E-state index contributed by atoms with van der Waals surface area (Å²) in [4.78, 5) is 4.18. The highest BCUT2D eigenvalue weighted by Crippen LogP contribution is 2.29. The van der Waals surface area contributed by atoms with E-state index in [9.17, 15) is 13.2 Å². The average Bonchev–Trinajstić information content (AvgIpc) is 3.16. The van der Waals surface area contributed by atoms with Crippen LogP contribution in [0, 0.1) is 0 Å². The van der Waals surface area contributed by atoms with Gasteiger partial charge < -0.3 is 9.84 Å². The maximum Gasteiger partial charge on any atom is 0.416 e. The zero-order chi connectivity index (χ0) is 14.9. The van der Waals surface area contributed by atoms with Crippen molar-refractivity contribution in [3.8, 4) is 0 Å². The third-order valence-electron chi connectivity index (χ3n) is 3.25. The summed E-state index contributed by atoms with van der Waals surface area (Å²) in [5.41, 5.74) is -0.161. The summed E-state index contributed by atoms with van der Waals surface area (Å²) < 4.78 is 43.0. The first-order valence-corrected chi connectivity index (χ1v) is 6.72. The highest BCUT2D eigenvalue weighted by molar-refractivity contribution is 5.27. The second-order valence-corrected chi connectivity index (χ2v) is 5.13. The van der Waals surface area contributed by atoms with Gasteiger partial charge in [0.25, 0.3) is 0 Å². The molecule has 1 aliphatic carbocycles. The lowest BCUT2D eigenvalue weighted by atomic mass is 10.1. The van der Waals surface area contributed by atoms with E-state index in [1.165, 1.54) is 6.07 Å². The van der Waals surface area contributed by atoms with Gasteiger partial charge in [0.1, 0.15) is 0 Å². The topological polar surface area (TPSA) is 51.0 Å². The lowest BCUT2D eigenvalue weighted by molar-refractivity contribution is -0.137. The Hall–Kier alpha value is -1.89. The van der Waals surface area contributed by atoms with Crippen LogP contribution in [0.15, 0.2) is 28.8 Å². The Labute approximate surface area is 119 Å². The van der Waals surface area contributed by atoms with Gasteiger partial charge in [0.05, 0.1) is 12.1 Å². The van der Waals surface area contributed by atoms with E-state index in [1.54, 1.807) is 6.07 Å². The third kappa shape index (κ3) is 3.81. The minimum Gasteiger partial charge on any atom is -0.338 e. The summed E-state index contributed by atoms with van der Waals surface area (Å²) in [5, 5.41) is 7.03. The van der Waals surface area contributed by atoms with Gasteiger partial charge in [0.15, 0.2) is 5.82 Å². The smallest absolute Gasteiger partial charge is 0.338 e. The molecule has 0 atom stereocenters. The van der Waals surface area contributed by atoms with Crippen molar-refractivity contribution in [2.24, 2.45) is 0 Å². The largest absolute Gasteiger partial charge is 0.416 e.